The molecule has 142 valence electrons. The Labute approximate surface area is 149 Å². The van der Waals surface area contributed by atoms with E-state index in [4.69, 9.17) is 9.15 Å². The molecule has 1 aromatic heterocycles. The molecule has 0 bridgehead atoms. The number of aromatic nitrogens is 1. The molecular formula is C17H31N5O3. The van der Waals surface area contributed by atoms with Crippen LogP contribution in [0.3, 0.4) is 0 Å². The van der Waals surface area contributed by atoms with Gasteiger partial charge in [-0.3, -0.25) is 4.90 Å². The summed E-state index contributed by atoms with van der Waals surface area (Å²) in [5.41, 5.74) is 0.0282. The Morgan fingerprint density at radius 3 is 2.64 bits per heavy atom. The highest BCUT2D eigenvalue weighted by molar-refractivity contribution is 5.79. The SMILES string of the molecule is CCNC(=NCc1nc(C)c(C)o1)NCC(C)(O)CN1CCOCC1. The maximum absolute atomic E-state index is 10.7. The van der Waals surface area contributed by atoms with Crippen LogP contribution in [0, 0.1) is 13.8 Å². The molecule has 0 aliphatic carbocycles. The van der Waals surface area contributed by atoms with E-state index in [9.17, 15) is 5.11 Å². The van der Waals surface area contributed by atoms with E-state index >= 15 is 0 Å². The lowest BCUT2D eigenvalue weighted by atomic mass is 10.1. The molecule has 2 rings (SSSR count). The van der Waals surface area contributed by atoms with E-state index in [1.165, 1.54) is 0 Å². The van der Waals surface area contributed by atoms with Gasteiger partial charge in [0.25, 0.3) is 0 Å². The van der Waals surface area contributed by atoms with E-state index in [1.807, 2.05) is 27.7 Å². The molecule has 1 aromatic rings. The summed E-state index contributed by atoms with van der Waals surface area (Å²) in [5, 5.41) is 17.0. The molecule has 0 amide bonds. The highest BCUT2D eigenvalue weighted by Gasteiger charge is 2.25. The van der Waals surface area contributed by atoms with Crippen LogP contribution in [0.2, 0.25) is 0 Å². The van der Waals surface area contributed by atoms with Crippen LogP contribution in [-0.2, 0) is 11.3 Å². The van der Waals surface area contributed by atoms with Crippen molar-refractivity contribution in [3.63, 3.8) is 0 Å². The lowest BCUT2D eigenvalue weighted by molar-refractivity contribution is -0.0201. The number of ether oxygens (including phenoxy) is 1. The maximum Gasteiger partial charge on any atom is 0.216 e. The molecular weight excluding hydrogens is 322 g/mol. The Morgan fingerprint density at radius 1 is 1.32 bits per heavy atom. The molecule has 25 heavy (non-hydrogen) atoms. The number of nitrogens with zero attached hydrogens (tertiary/aromatic N) is 3. The summed E-state index contributed by atoms with van der Waals surface area (Å²) in [4.78, 5) is 11.0. The summed E-state index contributed by atoms with van der Waals surface area (Å²) >= 11 is 0. The smallest absolute Gasteiger partial charge is 0.216 e. The van der Waals surface area contributed by atoms with Gasteiger partial charge < -0.3 is 24.9 Å². The van der Waals surface area contributed by atoms with Crippen molar-refractivity contribution in [1.82, 2.24) is 20.5 Å². The lowest BCUT2D eigenvalue weighted by Gasteiger charge is -2.34. The van der Waals surface area contributed by atoms with Crippen LogP contribution in [0.15, 0.2) is 9.41 Å². The first-order valence-corrected chi connectivity index (χ1v) is 8.87. The standard InChI is InChI=1S/C17H31N5O3/c1-5-18-16(19-10-15-21-13(2)14(3)25-15)20-11-17(4,23)12-22-6-8-24-9-7-22/h23H,5-12H2,1-4H3,(H2,18,19,20). The fraction of sp³-hybridized carbons (Fsp3) is 0.765. The molecule has 0 aromatic carbocycles. The number of β-amino-alcohol motifs (C(OH)–C–C–N with tert-alkyl or cyclic N) is 1. The van der Waals surface area contributed by atoms with Gasteiger partial charge in [-0.15, -0.1) is 0 Å². The fourth-order valence-electron chi connectivity index (χ4n) is 2.67. The van der Waals surface area contributed by atoms with Crippen LogP contribution >= 0.6 is 0 Å². The van der Waals surface area contributed by atoms with Crippen molar-refractivity contribution in [3.8, 4) is 0 Å². The van der Waals surface area contributed by atoms with Crippen molar-refractivity contribution in [3.05, 3.63) is 17.3 Å². The summed E-state index contributed by atoms with van der Waals surface area (Å²) in [6.07, 6.45) is 0. The number of hydrogen-bond donors (Lipinski definition) is 3. The van der Waals surface area contributed by atoms with E-state index in [-0.39, 0.29) is 0 Å². The van der Waals surface area contributed by atoms with E-state index < -0.39 is 5.60 Å². The summed E-state index contributed by atoms with van der Waals surface area (Å²) in [6.45, 7) is 12.9. The minimum absolute atomic E-state index is 0.357. The van der Waals surface area contributed by atoms with Gasteiger partial charge in [0.05, 0.1) is 24.5 Å². The number of aryl methyl sites for hydroxylation is 2. The lowest BCUT2D eigenvalue weighted by Crippen LogP contribution is -2.52. The second-order valence-electron chi connectivity index (χ2n) is 6.68. The van der Waals surface area contributed by atoms with Crippen molar-refractivity contribution in [1.29, 1.82) is 0 Å². The van der Waals surface area contributed by atoms with Crippen LogP contribution in [0.5, 0.6) is 0 Å². The van der Waals surface area contributed by atoms with Crippen LogP contribution in [0.4, 0.5) is 0 Å². The first-order chi connectivity index (χ1) is 11.9. The molecule has 8 nitrogen and oxygen atoms in total. The summed E-state index contributed by atoms with van der Waals surface area (Å²) in [7, 11) is 0. The first-order valence-electron chi connectivity index (χ1n) is 8.87. The largest absolute Gasteiger partial charge is 0.444 e. The first kappa shape index (κ1) is 19.7. The van der Waals surface area contributed by atoms with Gasteiger partial charge in [-0.25, -0.2) is 9.98 Å². The van der Waals surface area contributed by atoms with Crippen molar-refractivity contribution in [2.45, 2.75) is 39.8 Å². The average molecular weight is 353 g/mol. The summed E-state index contributed by atoms with van der Waals surface area (Å²) in [6, 6.07) is 0. The minimum Gasteiger partial charge on any atom is -0.444 e. The van der Waals surface area contributed by atoms with Crippen LogP contribution in [0.1, 0.15) is 31.2 Å². The van der Waals surface area contributed by atoms with Crippen molar-refractivity contribution >= 4 is 5.96 Å². The van der Waals surface area contributed by atoms with Crippen molar-refractivity contribution < 1.29 is 14.3 Å². The number of guanidine groups is 1. The molecule has 1 fully saturated rings. The van der Waals surface area contributed by atoms with Gasteiger partial charge in [-0.05, 0) is 27.7 Å². The van der Waals surface area contributed by atoms with Gasteiger partial charge >= 0.3 is 0 Å². The van der Waals surface area contributed by atoms with Gasteiger partial charge in [0.1, 0.15) is 12.3 Å². The quantitative estimate of drug-likeness (QED) is 0.483. The molecule has 1 saturated heterocycles. The van der Waals surface area contributed by atoms with Crippen LogP contribution in [-0.4, -0.2) is 72.5 Å². The highest BCUT2D eigenvalue weighted by atomic mass is 16.5. The maximum atomic E-state index is 10.7. The summed E-state index contributed by atoms with van der Waals surface area (Å²) in [5.74, 6) is 2.04. The molecule has 0 radical (unpaired) electrons. The highest BCUT2D eigenvalue weighted by Crippen LogP contribution is 2.09. The molecule has 1 aliphatic rings. The number of rotatable bonds is 7. The average Bonchev–Trinajstić information content (AvgIpc) is 2.89. The second-order valence-corrected chi connectivity index (χ2v) is 6.68. The van der Waals surface area contributed by atoms with Gasteiger partial charge in [-0.1, -0.05) is 0 Å². The molecule has 1 atom stereocenters. The number of morpholine rings is 1. The van der Waals surface area contributed by atoms with Gasteiger partial charge in [-0.2, -0.15) is 0 Å². The van der Waals surface area contributed by atoms with Gasteiger partial charge in [0, 0.05) is 32.7 Å². The van der Waals surface area contributed by atoms with E-state index in [0.29, 0.717) is 31.5 Å². The van der Waals surface area contributed by atoms with E-state index in [1.54, 1.807) is 0 Å². The number of hydrogen-bond acceptors (Lipinski definition) is 6. The predicted octanol–water partition coefficient (Wildman–Crippen LogP) is 0.430. The Kier molecular flexibility index (Phi) is 7.22. The Morgan fingerprint density at radius 2 is 2.04 bits per heavy atom. The Hall–Kier alpha value is -1.64. The second kappa shape index (κ2) is 9.17. The third-order valence-electron chi connectivity index (χ3n) is 4.09. The monoisotopic (exact) mass is 353 g/mol. The predicted molar refractivity (Wildman–Crippen MR) is 96.7 cm³/mol. The molecule has 0 saturated carbocycles. The zero-order chi connectivity index (χ0) is 18.3. The van der Waals surface area contributed by atoms with E-state index in [0.717, 1.165) is 44.3 Å². The van der Waals surface area contributed by atoms with Crippen molar-refractivity contribution in [2.75, 3.05) is 45.9 Å². The Bertz CT molecular complexity index is 545. The molecule has 1 unspecified atom stereocenters. The summed E-state index contributed by atoms with van der Waals surface area (Å²) < 4.78 is 10.9. The van der Waals surface area contributed by atoms with Crippen LogP contribution < -0.4 is 10.6 Å². The molecule has 1 aliphatic heterocycles. The van der Waals surface area contributed by atoms with Crippen LogP contribution in [0.25, 0.3) is 0 Å². The molecule has 0 spiro atoms. The number of aliphatic imine (C=N–C) groups is 1. The molecule has 2 heterocycles. The third-order valence-corrected chi connectivity index (χ3v) is 4.09. The normalized spacial score (nSPS) is 18.8. The van der Waals surface area contributed by atoms with Gasteiger partial charge in [0.15, 0.2) is 5.96 Å². The topological polar surface area (TPSA) is 95.2 Å². The number of aliphatic hydroxyl groups is 1. The van der Waals surface area contributed by atoms with E-state index in [2.05, 4.69) is 25.5 Å². The molecule has 8 heteroatoms. The molecule has 3 N–H and O–H groups in total. The third kappa shape index (κ3) is 6.64. The minimum atomic E-state index is -0.858. The van der Waals surface area contributed by atoms with Gasteiger partial charge in [0.2, 0.25) is 5.89 Å². The Balaban J connectivity index is 1.87. The number of oxazole rings is 1. The zero-order valence-corrected chi connectivity index (χ0v) is 15.8. The van der Waals surface area contributed by atoms with Crippen molar-refractivity contribution in [2.24, 2.45) is 4.99 Å². The zero-order valence-electron chi connectivity index (χ0n) is 15.8. The number of nitrogens with one attached hydrogen (secondary N) is 2. The fourth-order valence-corrected chi connectivity index (χ4v) is 2.67.